The molecule has 0 aliphatic carbocycles. The molecule has 0 saturated carbocycles. The number of halogens is 2. The van der Waals surface area contributed by atoms with Gasteiger partial charge in [0.15, 0.2) is 5.69 Å². The predicted molar refractivity (Wildman–Crippen MR) is 97.4 cm³/mol. The van der Waals surface area contributed by atoms with Crippen LogP contribution in [0.25, 0.3) is 10.9 Å². The average Bonchev–Trinajstić information content (AvgIpc) is 2.64. The molecular formula is C19H18F2N4O2. The summed E-state index contributed by atoms with van der Waals surface area (Å²) >= 11 is 0. The van der Waals surface area contributed by atoms with E-state index in [1.165, 1.54) is 25.3 Å². The zero-order chi connectivity index (χ0) is 19.6. The molecular weight excluding hydrogens is 354 g/mol. The highest BCUT2D eigenvalue weighted by atomic mass is 19.1. The van der Waals surface area contributed by atoms with Crippen LogP contribution < -0.4 is 16.2 Å². The maximum absolute atomic E-state index is 14.4. The molecule has 27 heavy (non-hydrogen) atoms. The van der Waals surface area contributed by atoms with Gasteiger partial charge in [0.2, 0.25) is 0 Å². The van der Waals surface area contributed by atoms with Crippen LogP contribution in [-0.4, -0.2) is 23.2 Å². The number of primary amides is 1. The van der Waals surface area contributed by atoms with Crippen LogP contribution in [0.4, 0.5) is 14.5 Å². The van der Waals surface area contributed by atoms with Gasteiger partial charge in [-0.05, 0) is 43.5 Å². The summed E-state index contributed by atoms with van der Waals surface area (Å²) in [5, 5.41) is 8.05. The van der Waals surface area contributed by atoms with E-state index in [4.69, 9.17) is 16.2 Å². The maximum atomic E-state index is 14.4. The summed E-state index contributed by atoms with van der Waals surface area (Å²) in [6.45, 7) is 0. The highest BCUT2D eigenvalue weighted by molar-refractivity contribution is 6.04. The van der Waals surface area contributed by atoms with Crippen molar-refractivity contribution in [3.8, 4) is 5.75 Å². The molecule has 3 rings (SSSR count). The van der Waals surface area contributed by atoms with Crippen LogP contribution in [0.15, 0.2) is 30.3 Å². The second-order valence-corrected chi connectivity index (χ2v) is 6.02. The molecule has 140 valence electrons. The number of nitrogen functional groups attached to an aromatic ring is 1. The number of anilines is 1. The highest BCUT2D eigenvalue weighted by Crippen LogP contribution is 2.28. The Labute approximate surface area is 154 Å². The van der Waals surface area contributed by atoms with Crippen LogP contribution in [-0.2, 0) is 12.8 Å². The molecule has 0 saturated heterocycles. The quantitative estimate of drug-likeness (QED) is 0.692. The van der Waals surface area contributed by atoms with Gasteiger partial charge in [-0.3, -0.25) is 4.79 Å². The lowest BCUT2D eigenvalue weighted by atomic mass is 9.99. The van der Waals surface area contributed by atoms with Gasteiger partial charge in [-0.2, -0.15) is 0 Å². The molecule has 0 bridgehead atoms. The Balaban J connectivity index is 1.91. The van der Waals surface area contributed by atoms with E-state index in [2.05, 4.69) is 10.2 Å². The number of benzene rings is 2. The molecule has 0 fully saturated rings. The third kappa shape index (κ3) is 3.51. The lowest BCUT2D eigenvalue weighted by Crippen LogP contribution is -2.17. The van der Waals surface area contributed by atoms with Crippen molar-refractivity contribution in [3.63, 3.8) is 0 Å². The lowest BCUT2D eigenvalue weighted by molar-refractivity contribution is 0.0995. The van der Waals surface area contributed by atoms with Crippen molar-refractivity contribution in [1.82, 2.24) is 10.2 Å². The van der Waals surface area contributed by atoms with E-state index in [9.17, 15) is 13.6 Å². The number of carbonyl (C=O) groups excluding carboxylic acids is 1. The molecule has 6 nitrogen and oxygen atoms in total. The first-order valence-electron chi connectivity index (χ1n) is 8.28. The molecule has 0 radical (unpaired) electrons. The van der Waals surface area contributed by atoms with Gasteiger partial charge in [0.05, 0.1) is 12.8 Å². The number of carbonyl (C=O) groups is 1. The number of hydrogen-bond donors (Lipinski definition) is 2. The fourth-order valence-corrected chi connectivity index (χ4v) is 3.06. The summed E-state index contributed by atoms with van der Waals surface area (Å²) in [4.78, 5) is 11.4. The van der Waals surface area contributed by atoms with Gasteiger partial charge in [0.1, 0.15) is 22.9 Å². The number of aryl methyl sites for hydroxylation is 1. The Hall–Kier alpha value is -3.29. The molecule has 1 amide bonds. The first kappa shape index (κ1) is 18.5. The minimum atomic E-state index is -0.806. The molecule has 0 spiro atoms. The number of amides is 1. The van der Waals surface area contributed by atoms with Crippen molar-refractivity contribution >= 4 is 22.5 Å². The number of rotatable bonds is 6. The van der Waals surface area contributed by atoms with Crippen molar-refractivity contribution in [2.75, 3.05) is 12.8 Å². The Morgan fingerprint density at radius 1 is 1.07 bits per heavy atom. The molecule has 1 heterocycles. The van der Waals surface area contributed by atoms with Gasteiger partial charge in [-0.25, -0.2) is 8.78 Å². The Kier molecular flexibility index (Phi) is 5.16. The van der Waals surface area contributed by atoms with Crippen molar-refractivity contribution in [2.45, 2.75) is 19.3 Å². The molecule has 3 aromatic rings. The fraction of sp³-hybridized carbons (Fsp3) is 0.211. The van der Waals surface area contributed by atoms with E-state index in [-0.39, 0.29) is 29.1 Å². The number of hydrogen-bond acceptors (Lipinski definition) is 5. The number of nitrogens with two attached hydrogens (primary N) is 2. The highest BCUT2D eigenvalue weighted by Gasteiger charge is 2.17. The summed E-state index contributed by atoms with van der Waals surface area (Å²) in [5.74, 6) is -1.20. The van der Waals surface area contributed by atoms with E-state index in [0.717, 1.165) is 0 Å². The van der Waals surface area contributed by atoms with E-state index >= 15 is 0 Å². The number of aromatic nitrogens is 2. The molecule has 0 unspecified atom stereocenters. The third-order valence-corrected chi connectivity index (χ3v) is 4.40. The molecule has 0 atom stereocenters. The zero-order valence-corrected chi connectivity index (χ0v) is 14.6. The summed E-state index contributed by atoms with van der Waals surface area (Å²) in [6, 6.07) is 7.29. The number of ether oxygens (including phenoxy) is 1. The monoisotopic (exact) mass is 372 g/mol. The van der Waals surface area contributed by atoms with Crippen LogP contribution in [0.2, 0.25) is 0 Å². The summed E-state index contributed by atoms with van der Waals surface area (Å²) in [7, 11) is 1.47. The van der Waals surface area contributed by atoms with E-state index in [1.807, 2.05) is 0 Å². The molecule has 0 aliphatic heterocycles. The molecule has 1 aromatic heterocycles. The number of nitrogens with zero attached hydrogens (tertiary/aromatic N) is 2. The summed E-state index contributed by atoms with van der Waals surface area (Å²) < 4.78 is 33.6. The van der Waals surface area contributed by atoms with Crippen molar-refractivity contribution in [2.24, 2.45) is 5.73 Å². The average molecular weight is 372 g/mol. The van der Waals surface area contributed by atoms with E-state index in [0.29, 0.717) is 35.1 Å². The normalized spacial score (nSPS) is 10.9. The topological polar surface area (TPSA) is 104 Å². The van der Waals surface area contributed by atoms with Gasteiger partial charge in [-0.15, -0.1) is 10.2 Å². The predicted octanol–water partition coefficient (Wildman–Crippen LogP) is 2.77. The van der Waals surface area contributed by atoms with Crippen LogP contribution in [0.5, 0.6) is 5.75 Å². The SMILES string of the molecule is COc1cccc(F)c1CCCc1c(F)ccc2c(N)c(C(N)=O)nnc12. The second kappa shape index (κ2) is 7.53. The van der Waals surface area contributed by atoms with Crippen LogP contribution in [0.1, 0.15) is 28.0 Å². The van der Waals surface area contributed by atoms with Gasteiger partial charge < -0.3 is 16.2 Å². The minimum absolute atomic E-state index is 0.0597. The fourth-order valence-electron chi connectivity index (χ4n) is 3.06. The van der Waals surface area contributed by atoms with Crippen molar-refractivity contribution in [3.05, 3.63) is 58.8 Å². The van der Waals surface area contributed by atoms with Gasteiger partial charge in [0, 0.05) is 16.5 Å². The summed E-state index contributed by atoms with van der Waals surface area (Å²) in [6.07, 6.45) is 1.09. The largest absolute Gasteiger partial charge is 0.496 e. The van der Waals surface area contributed by atoms with Crippen molar-refractivity contribution in [1.29, 1.82) is 0 Å². The van der Waals surface area contributed by atoms with E-state index in [1.54, 1.807) is 12.1 Å². The Morgan fingerprint density at radius 3 is 2.48 bits per heavy atom. The molecule has 8 heteroatoms. The summed E-state index contributed by atoms with van der Waals surface area (Å²) in [5.41, 5.74) is 12.0. The third-order valence-electron chi connectivity index (χ3n) is 4.40. The Morgan fingerprint density at radius 2 is 1.78 bits per heavy atom. The Bertz CT molecular complexity index is 1020. The first-order chi connectivity index (χ1) is 12.9. The lowest BCUT2D eigenvalue weighted by Gasteiger charge is -2.11. The van der Waals surface area contributed by atoms with Crippen molar-refractivity contribution < 1.29 is 18.3 Å². The maximum Gasteiger partial charge on any atom is 0.271 e. The van der Waals surface area contributed by atoms with Gasteiger partial charge >= 0.3 is 0 Å². The van der Waals surface area contributed by atoms with Crippen LogP contribution in [0, 0.1) is 11.6 Å². The minimum Gasteiger partial charge on any atom is -0.496 e. The molecule has 4 N–H and O–H groups in total. The number of fused-ring (bicyclic) bond motifs is 1. The smallest absolute Gasteiger partial charge is 0.271 e. The van der Waals surface area contributed by atoms with E-state index < -0.39 is 11.7 Å². The van der Waals surface area contributed by atoms with Gasteiger partial charge in [-0.1, -0.05) is 6.07 Å². The molecule has 2 aromatic carbocycles. The van der Waals surface area contributed by atoms with Crippen LogP contribution >= 0.6 is 0 Å². The first-order valence-corrected chi connectivity index (χ1v) is 8.28. The number of methoxy groups -OCH3 is 1. The van der Waals surface area contributed by atoms with Gasteiger partial charge in [0.25, 0.3) is 5.91 Å². The second-order valence-electron chi connectivity index (χ2n) is 6.02. The van der Waals surface area contributed by atoms with Crippen LogP contribution in [0.3, 0.4) is 0 Å². The zero-order valence-electron chi connectivity index (χ0n) is 14.6. The standard InChI is InChI=1S/C19H18F2N4O2/c1-27-15-7-3-6-13(20)10(15)4-2-5-11-14(21)9-8-12-16(22)18(19(23)26)25-24-17(11)12/h3,6-9H,2,4-5H2,1H3,(H2,22,24)(H2,23,26). The molecule has 0 aliphatic rings.